The standard InChI is InChI=1S/C16H17ClFN/c1-12-3-2-4-13(9-12)7-8-19-11-14-5-6-15(17)10-16(14)18/h2-6,9-10,19H,7-8,11H2,1H3. The van der Waals surface area contributed by atoms with Crippen LogP contribution in [0.4, 0.5) is 4.39 Å². The van der Waals surface area contributed by atoms with E-state index in [1.54, 1.807) is 12.1 Å². The summed E-state index contributed by atoms with van der Waals surface area (Å²) in [5.74, 6) is -0.254. The fourth-order valence-corrected chi connectivity index (χ4v) is 2.15. The van der Waals surface area contributed by atoms with Crippen LogP contribution in [0.3, 0.4) is 0 Å². The molecule has 0 saturated carbocycles. The lowest BCUT2D eigenvalue weighted by atomic mass is 10.1. The van der Waals surface area contributed by atoms with Crippen LogP contribution in [0.2, 0.25) is 5.02 Å². The normalized spacial score (nSPS) is 10.7. The number of hydrogen-bond acceptors (Lipinski definition) is 1. The van der Waals surface area contributed by atoms with Crippen molar-refractivity contribution in [3.63, 3.8) is 0 Å². The zero-order chi connectivity index (χ0) is 13.7. The molecule has 1 N–H and O–H groups in total. The zero-order valence-corrected chi connectivity index (χ0v) is 11.7. The second-order valence-corrected chi connectivity index (χ2v) is 5.09. The van der Waals surface area contributed by atoms with E-state index in [0.29, 0.717) is 17.1 Å². The molecular formula is C16H17ClFN. The number of hydrogen-bond donors (Lipinski definition) is 1. The Morgan fingerprint density at radius 2 is 2.00 bits per heavy atom. The van der Waals surface area contributed by atoms with Gasteiger partial charge in [-0.2, -0.15) is 0 Å². The van der Waals surface area contributed by atoms with E-state index in [9.17, 15) is 4.39 Å². The van der Waals surface area contributed by atoms with E-state index >= 15 is 0 Å². The van der Waals surface area contributed by atoms with Crippen LogP contribution in [0.5, 0.6) is 0 Å². The van der Waals surface area contributed by atoms with E-state index < -0.39 is 0 Å². The van der Waals surface area contributed by atoms with Crippen molar-refractivity contribution in [3.8, 4) is 0 Å². The fourth-order valence-electron chi connectivity index (χ4n) is 1.99. The van der Waals surface area contributed by atoms with Crippen molar-refractivity contribution < 1.29 is 4.39 Å². The second-order valence-electron chi connectivity index (χ2n) is 4.65. The van der Waals surface area contributed by atoms with Gasteiger partial charge in [-0.05, 0) is 37.6 Å². The van der Waals surface area contributed by atoms with Crippen molar-refractivity contribution in [2.24, 2.45) is 0 Å². The second kappa shape index (κ2) is 6.69. The lowest BCUT2D eigenvalue weighted by molar-refractivity contribution is 0.588. The van der Waals surface area contributed by atoms with Gasteiger partial charge in [0.2, 0.25) is 0 Å². The summed E-state index contributed by atoms with van der Waals surface area (Å²) in [5.41, 5.74) is 3.21. The minimum atomic E-state index is -0.254. The maximum absolute atomic E-state index is 13.5. The van der Waals surface area contributed by atoms with Gasteiger partial charge in [0.15, 0.2) is 0 Å². The summed E-state index contributed by atoms with van der Waals surface area (Å²) in [7, 11) is 0. The Hall–Kier alpha value is -1.38. The van der Waals surface area contributed by atoms with Gasteiger partial charge in [0, 0.05) is 17.1 Å². The van der Waals surface area contributed by atoms with Crippen molar-refractivity contribution in [2.75, 3.05) is 6.54 Å². The molecule has 2 rings (SSSR count). The van der Waals surface area contributed by atoms with E-state index in [4.69, 9.17) is 11.6 Å². The Morgan fingerprint density at radius 3 is 2.74 bits per heavy atom. The van der Waals surface area contributed by atoms with Crippen LogP contribution in [-0.4, -0.2) is 6.54 Å². The average Bonchev–Trinajstić information content (AvgIpc) is 2.37. The van der Waals surface area contributed by atoms with Gasteiger partial charge in [-0.3, -0.25) is 0 Å². The van der Waals surface area contributed by atoms with E-state index in [0.717, 1.165) is 13.0 Å². The first-order valence-corrected chi connectivity index (χ1v) is 6.73. The maximum atomic E-state index is 13.5. The molecule has 0 atom stereocenters. The molecule has 0 unspecified atom stereocenters. The SMILES string of the molecule is Cc1cccc(CCNCc2ccc(Cl)cc2F)c1. The molecule has 0 fully saturated rings. The van der Waals surface area contributed by atoms with Crippen molar-refractivity contribution in [3.05, 3.63) is 70.0 Å². The number of nitrogens with one attached hydrogen (secondary N) is 1. The molecule has 0 amide bonds. The molecule has 0 bridgehead atoms. The van der Waals surface area contributed by atoms with Crippen LogP contribution < -0.4 is 5.32 Å². The van der Waals surface area contributed by atoms with Crippen LogP contribution in [-0.2, 0) is 13.0 Å². The summed E-state index contributed by atoms with van der Waals surface area (Å²) in [6.07, 6.45) is 0.941. The van der Waals surface area contributed by atoms with E-state index in [1.165, 1.54) is 17.2 Å². The van der Waals surface area contributed by atoms with Gasteiger partial charge < -0.3 is 5.32 Å². The van der Waals surface area contributed by atoms with Gasteiger partial charge in [-0.1, -0.05) is 47.5 Å². The molecule has 3 heteroatoms. The van der Waals surface area contributed by atoms with Crippen LogP contribution in [0, 0.1) is 12.7 Å². The highest BCUT2D eigenvalue weighted by Crippen LogP contribution is 2.14. The van der Waals surface area contributed by atoms with E-state index in [2.05, 4.69) is 36.5 Å². The van der Waals surface area contributed by atoms with Crippen LogP contribution >= 0.6 is 11.6 Å². The van der Waals surface area contributed by atoms with Gasteiger partial charge in [0.1, 0.15) is 5.82 Å². The number of benzene rings is 2. The molecule has 0 saturated heterocycles. The molecule has 2 aromatic carbocycles. The largest absolute Gasteiger partial charge is 0.312 e. The van der Waals surface area contributed by atoms with Crippen LogP contribution in [0.25, 0.3) is 0 Å². The van der Waals surface area contributed by atoms with Crippen molar-refractivity contribution in [1.29, 1.82) is 0 Å². The topological polar surface area (TPSA) is 12.0 Å². The summed E-state index contributed by atoms with van der Waals surface area (Å²) in [4.78, 5) is 0. The summed E-state index contributed by atoms with van der Waals surface area (Å²) in [5, 5.41) is 3.68. The van der Waals surface area contributed by atoms with E-state index in [1.807, 2.05) is 0 Å². The molecule has 2 aromatic rings. The van der Waals surface area contributed by atoms with Crippen molar-refractivity contribution in [1.82, 2.24) is 5.32 Å². The lowest BCUT2D eigenvalue weighted by Gasteiger charge is -2.07. The minimum absolute atomic E-state index is 0.254. The highest BCUT2D eigenvalue weighted by atomic mass is 35.5. The third kappa shape index (κ3) is 4.34. The Morgan fingerprint density at radius 1 is 1.16 bits per heavy atom. The average molecular weight is 278 g/mol. The Labute approximate surface area is 118 Å². The molecule has 0 spiro atoms. The highest BCUT2D eigenvalue weighted by molar-refractivity contribution is 6.30. The molecule has 19 heavy (non-hydrogen) atoms. The van der Waals surface area contributed by atoms with E-state index in [-0.39, 0.29) is 5.82 Å². The van der Waals surface area contributed by atoms with Crippen molar-refractivity contribution in [2.45, 2.75) is 19.9 Å². The summed E-state index contributed by atoms with van der Waals surface area (Å²) in [6, 6.07) is 13.2. The Balaban J connectivity index is 1.81. The van der Waals surface area contributed by atoms with Crippen molar-refractivity contribution >= 4 is 11.6 Å². The molecule has 0 aliphatic carbocycles. The molecule has 1 nitrogen and oxygen atoms in total. The first kappa shape index (κ1) is 14.0. The molecule has 0 heterocycles. The third-order valence-electron chi connectivity index (χ3n) is 3.00. The van der Waals surface area contributed by atoms with Gasteiger partial charge in [0.05, 0.1) is 0 Å². The Kier molecular flexibility index (Phi) is 4.94. The molecule has 0 aliphatic rings. The fraction of sp³-hybridized carbons (Fsp3) is 0.250. The lowest BCUT2D eigenvalue weighted by Crippen LogP contribution is -2.17. The number of halogens is 2. The summed E-state index contributed by atoms with van der Waals surface area (Å²) in [6.45, 7) is 3.43. The zero-order valence-electron chi connectivity index (χ0n) is 10.9. The minimum Gasteiger partial charge on any atom is -0.312 e. The van der Waals surface area contributed by atoms with Gasteiger partial charge in [-0.25, -0.2) is 4.39 Å². The smallest absolute Gasteiger partial charge is 0.129 e. The molecule has 0 radical (unpaired) electrons. The van der Waals surface area contributed by atoms with Gasteiger partial charge >= 0.3 is 0 Å². The molecule has 0 aliphatic heterocycles. The predicted molar refractivity (Wildman–Crippen MR) is 78.0 cm³/mol. The van der Waals surface area contributed by atoms with Gasteiger partial charge in [-0.15, -0.1) is 0 Å². The first-order valence-electron chi connectivity index (χ1n) is 6.35. The van der Waals surface area contributed by atoms with Crippen LogP contribution in [0.1, 0.15) is 16.7 Å². The molecule has 0 aromatic heterocycles. The monoisotopic (exact) mass is 277 g/mol. The number of aryl methyl sites for hydroxylation is 1. The van der Waals surface area contributed by atoms with Crippen LogP contribution in [0.15, 0.2) is 42.5 Å². The summed E-state index contributed by atoms with van der Waals surface area (Å²) < 4.78 is 13.5. The number of rotatable bonds is 5. The Bertz CT molecular complexity index is 554. The maximum Gasteiger partial charge on any atom is 0.129 e. The van der Waals surface area contributed by atoms with Gasteiger partial charge in [0.25, 0.3) is 0 Å². The quantitative estimate of drug-likeness (QED) is 0.811. The third-order valence-corrected chi connectivity index (χ3v) is 3.24. The predicted octanol–water partition coefficient (Wildman–Crippen LogP) is 4.12. The molecular weight excluding hydrogens is 261 g/mol. The highest BCUT2D eigenvalue weighted by Gasteiger charge is 2.02. The molecule has 100 valence electrons. The summed E-state index contributed by atoms with van der Waals surface area (Å²) >= 11 is 5.71. The first-order chi connectivity index (χ1) is 9.15.